The summed E-state index contributed by atoms with van der Waals surface area (Å²) in [6.07, 6.45) is 2.83. The van der Waals surface area contributed by atoms with E-state index in [4.69, 9.17) is 18.9 Å². The second-order valence-electron chi connectivity index (χ2n) is 12.3. The van der Waals surface area contributed by atoms with E-state index in [0.717, 1.165) is 72.6 Å². The molecule has 52 heavy (non-hydrogen) atoms. The number of non-ortho nitro benzene ring substituents is 2. The van der Waals surface area contributed by atoms with Crippen molar-refractivity contribution in [2.75, 3.05) is 48.1 Å². The van der Waals surface area contributed by atoms with Crippen LogP contribution in [0, 0.1) is 20.2 Å². The lowest BCUT2D eigenvalue weighted by atomic mass is 9.98. The van der Waals surface area contributed by atoms with Gasteiger partial charge in [0.1, 0.15) is 0 Å². The molecule has 0 saturated heterocycles. The third kappa shape index (κ3) is 9.68. The van der Waals surface area contributed by atoms with Crippen LogP contribution < -0.4 is 18.9 Å². The molecule has 0 spiro atoms. The van der Waals surface area contributed by atoms with Crippen molar-refractivity contribution in [3.05, 3.63) is 126 Å². The fraction of sp³-hybridized carbons (Fsp3) is 0.342. The molecule has 14 heteroatoms. The maximum Gasteiger partial charge on any atom is 0.269 e. The second kappa shape index (κ2) is 18.2. The molecule has 4 aromatic carbocycles. The largest absolute Gasteiger partial charge is 0.493 e. The number of halogens is 1. The van der Waals surface area contributed by atoms with Gasteiger partial charge in [-0.1, -0.05) is 24.3 Å². The van der Waals surface area contributed by atoms with Crippen LogP contribution in [0.25, 0.3) is 0 Å². The number of ether oxygens (including phenoxy) is 4. The highest BCUT2D eigenvalue weighted by molar-refractivity contribution is 5.85. The Morgan fingerprint density at radius 1 is 0.635 bits per heavy atom. The van der Waals surface area contributed by atoms with E-state index < -0.39 is 4.92 Å². The lowest BCUT2D eigenvalue weighted by Crippen LogP contribution is -2.36. The van der Waals surface area contributed by atoms with Crippen LogP contribution in [0.4, 0.5) is 11.4 Å². The smallest absolute Gasteiger partial charge is 0.269 e. The van der Waals surface area contributed by atoms with E-state index in [1.807, 2.05) is 24.3 Å². The normalized spacial score (nSPS) is 13.3. The number of carbonyl (C=O) groups is 1. The molecule has 0 fully saturated rings. The summed E-state index contributed by atoms with van der Waals surface area (Å²) in [7, 11) is 6.50. The molecule has 0 N–H and O–H groups in total. The quantitative estimate of drug-likeness (QED) is 0.126. The second-order valence-corrected chi connectivity index (χ2v) is 12.3. The van der Waals surface area contributed by atoms with Crippen LogP contribution in [0.15, 0.2) is 72.8 Å². The lowest BCUT2D eigenvalue weighted by Gasteiger charge is -2.29. The van der Waals surface area contributed by atoms with Gasteiger partial charge in [-0.3, -0.25) is 29.9 Å². The molecule has 4 aromatic rings. The van der Waals surface area contributed by atoms with Crippen LogP contribution in [0.3, 0.4) is 0 Å². The minimum atomic E-state index is -0.450. The van der Waals surface area contributed by atoms with Crippen molar-refractivity contribution in [1.82, 2.24) is 9.80 Å². The lowest BCUT2D eigenvalue weighted by molar-refractivity contribution is -0.385. The van der Waals surface area contributed by atoms with Crippen LogP contribution in [-0.4, -0.2) is 73.6 Å². The predicted octanol–water partition coefficient (Wildman–Crippen LogP) is 6.37. The van der Waals surface area contributed by atoms with Crippen molar-refractivity contribution < 1.29 is 33.6 Å². The zero-order chi connectivity index (χ0) is 36.5. The number of rotatable bonds is 11. The number of nitro groups is 2. The predicted molar refractivity (Wildman–Crippen MR) is 198 cm³/mol. The number of nitro benzene ring substituents is 2. The molecule has 0 aromatic heterocycles. The zero-order valence-corrected chi connectivity index (χ0v) is 30.5. The van der Waals surface area contributed by atoms with Crippen LogP contribution in [0.5, 0.6) is 23.0 Å². The number of amides is 1. The Kier molecular flexibility index (Phi) is 13.8. The number of fused-ring (bicyclic) bond motifs is 2. The summed E-state index contributed by atoms with van der Waals surface area (Å²) in [5.74, 6) is 2.88. The topological polar surface area (TPSA) is 147 Å². The molecule has 276 valence electrons. The van der Waals surface area contributed by atoms with Gasteiger partial charge in [0.15, 0.2) is 23.0 Å². The molecule has 0 radical (unpaired) electrons. The van der Waals surface area contributed by atoms with Gasteiger partial charge >= 0.3 is 0 Å². The van der Waals surface area contributed by atoms with Gasteiger partial charge in [0.05, 0.1) is 44.7 Å². The first-order valence-corrected chi connectivity index (χ1v) is 16.6. The highest BCUT2D eigenvalue weighted by atomic mass is 35.5. The van der Waals surface area contributed by atoms with Crippen molar-refractivity contribution in [2.45, 2.75) is 38.8 Å². The first kappa shape index (κ1) is 39.4. The van der Waals surface area contributed by atoms with Gasteiger partial charge in [0, 0.05) is 57.0 Å². The van der Waals surface area contributed by atoms with Crippen molar-refractivity contribution >= 4 is 29.7 Å². The van der Waals surface area contributed by atoms with Gasteiger partial charge in [0.2, 0.25) is 5.91 Å². The number of hydrogen-bond acceptors (Lipinski definition) is 10. The standard InChI is InChI=1S/C19H20N2O5.C19H22N2O4.ClH/c1-25-17-10-14-7-8-20(12-15(14)11-18(17)26-2)19(22)9-13-3-5-16(6-4-13)21(23)24;1-24-18-11-15-8-10-20(13-16(15)12-19(18)25-2)9-7-14-3-5-17(6-4-14)21(22)23;/h3-6,10-11H,7-9,12H2,1-2H3;3-6,11-12H,7-10,13H2,1-2H3;1H. The number of nitrogens with zero attached hydrogens (tertiary/aromatic N) is 4. The van der Waals surface area contributed by atoms with E-state index in [2.05, 4.69) is 17.0 Å². The SMILES string of the molecule is COc1cc2c(cc1OC)CN(C(=O)Cc1ccc([N+](=O)[O-])cc1)CC2.COc1cc2c(cc1OC)CN(CCc1ccc([N+](=O)[O-])cc1)CC2.Cl. The van der Waals surface area contributed by atoms with Gasteiger partial charge < -0.3 is 23.8 Å². The van der Waals surface area contributed by atoms with Gasteiger partial charge in [0.25, 0.3) is 11.4 Å². The molecular formula is C38H43ClN4O9. The summed E-state index contributed by atoms with van der Waals surface area (Å²) in [6, 6.07) is 20.9. The van der Waals surface area contributed by atoms with Crippen molar-refractivity contribution in [3.8, 4) is 23.0 Å². The molecule has 13 nitrogen and oxygen atoms in total. The van der Waals surface area contributed by atoms with Gasteiger partial charge in [-0.15, -0.1) is 12.4 Å². The van der Waals surface area contributed by atoms with E-state index in [9.17, 15) is 25.0 Å². The number of benzene rings is 4. The van der Waals surface area contributed by atoms with Crippen molar-refractivity contribution in [3.63, 3.8) is 0 Å². The number of methoxy groups -OCH3 is 4. The van der Waals surface area contributed by atoms with E-state index in [0.29, 0.717) is 24.6 Å². The Morgan fingerprint density at radius 2 is 1.06 bits per heavy atom. The average molecular weight is 735 g/mol. The van der Waals surface area contributed by atoms with Gasteiger partial charge in [-0.05, 0) is 76.9 Å². The molecule has 0 bridgehead atoms. The Hall–Kier alpha value is -5.40. The third-order valence-electron chi connectivity index (χ3n) is 9.23. The van der Waals surface area contributed by atoms with E-state index in [-0.39, 0.29) is 41.0 Å². The molecule has 6 rings (SSSR count). The molecule has 0 unspecified atom stereocenters. The molecular weight excluding hydrogens is 692 g/mol. The summed E-state index contributed by atoms with van der Waals surface area (Å²) in [4.78, 5) is 37.4. The Morgan fingerprint density at radius 3 is 1.52 bits per heavy atom. The Balaban J connectivity index is 0.000000228. The van der Waals surface area contributed by atoms with Crippen molar-refractivity contribution in [1.29, 1.82) is 0 Å². The van der Waals surface area contributed by atoms with Crippen LogP contribution in [0.1, 0.15) is 33.4 Å². The first-order valence-electron chi connectivity index (χ1n) is 16.6. The fourth-order valence-corrected chi connectivity index (χ4v) is 6.32. The summed E-state index contributed by atoms with van der Waals surface area (Å²) in [6.45, 7) is 3.94. The van der Waals surface area contributed by atoms with E-state index in [1.165, 1.54) is 23.3 Å². The van der Waals surface area contributed by atoms with Crippen LogP contribution in [-0.2, 0) is 43.6 Å². The fourth-order valence-electron chi connectivity index (χ4n) is 6.32. The summed E-state index contributed by atoms with van der Waals surface area (Å²) < 4.78 is 21.4. The maximum absolute atomic E-state index is 12.6. The monoisotopic (exact) mass is 734 g/mol. The summed E-state index contributed by atoms with van der Waals surface area (Å²) >= 11 is 0. The Bertz CT molecular complexity index is 1870. The highest BCUT2D eigenvalue weighted by Crippen LogP contribution is 2.34. The minimum Gasteiger partial charge on any atom is -0.493 e. The highest BCUT2D eigenvalue weighted by Gasteiger charge is 2.23. The molecule has 2 heterocycles. The Labute approximate surface area is 308 Å². The minimum absolute atomic E-state index is 0. The molecule has 0 atom stereocenters. The van der Waals surface area contributed by atoms with Crippen LogP contribution >= 0.6 is 12.4 Å². The molecule has 2 aliphatic rings. The molecule has 0 saturated carbocycles. The van der Waals surface area contributed by atoms with Crippen molar-refractivity contribution in [2.24, 2.45) is 0 Å². The molecule has 2 aliphatic heterocycles. The summed E-state index contributed by atoms with van der Waals surface area (Å²) in [5, 5.41) is 21.4. The van der Waals surface area contributed by atoms with E-state index >= 15 is 0 Å². The average Bonchev–Trinajstić information content (AvgIpc) is 3.16. The number of carbonyl (C=O) groups excluding carboxylic acids is 1. The molecule has 1 amide bonds. The van der Waals surface area contributed by atoms with E-state index in [1.54, 1.807) is 57.6 Å². The van der Waals surface area contributed by atoms with Gasteiger partial charge in [-0.2, -0.15) is 0 Å². The first-order chi connectivity index (χ1) is 24.6. The maximum atomic E-state index is 12.6. The number of hydrogen-bond donors (Lipinski definition) is 0. The molecule has 0 aliphatic carbocycles. The summed E-state index contributed by atoms with van der Waals surface area (Å²) in [5.41, 5.74) is 6.82. The zero-order valence-electron chi connectivity index (χ0n) is 29.7. The van der Waals surface area contributed by atoms with Crippen LogP contribution in [0.2, 0.25) is 0 Å². The van der Waals surface area contributed by atoms with Gasteiger partial charge in [-0.25, -0.2) is 0 Å². The third-order valence-corrected chi connectivity index (χ3v) is 9.23.